The van der Waals surface area contributed by atoms with Gasteiger partial charge in [-0.15, -0.1) is 22.7 Å². The highest BCUT2D eigenvalue weighted by Gasteiger charge is 2.54. The van der Waals surface area contributed by atoms with Gasteiger partial charge in [0, 0.05) is 68.4 Å². The lowest BCUT2D eigenvalue weighted by molar-refractivity contribution is -0.402. The third-order valence-corrected chi connectivity index (χ3v) is 20.3. The lowest BCUT2D eigenvalue weighted by Crippen LogP contribution is -2.65. The number of rotatable bonds is 44. The Balaban J connectivity index is 0.921. The number of furan rings is 2. The molecule has 2 aliphatic heterocycles. The molecule has 10 amide bonds. The second kappa shape index (κ2) is 42.9. The SMILES string of the molecule is Cc1c(N)nc([C@H](CC(N)=O)NC[C@H](N)C(N)=O)nc1C(=O)N[C@H](C(=O)N[C@H](C)[C@@H](O)[C@H](C)C(=O)N[C@H](C(=O)NCCc1nc(-c2nc(C(=O)NCCCN(CCCCNC(=O)c3ccc([N+](=O)[O-])o3)C(=O)c3ccc([N+](=O)[O-])o3)cs2)cs1)[C@@H](C)O)[C@@H](O[C@@H]1O[C@@H](CO)[C@@H](O)[C@H](O)[C@@H]1O[C@H]1O[C@H](CO)[C@@H](O)[C@H](OC(N)=O)[C@@H]1O)c1cnc[nH]1. The third kappa shape index (κ3) is 24.7. The summed E-state index contributed by atoms with van der Waals surface area (Å²) in [4.78, 5) is 180. The Morgan fingerprint density at radius 3 is 1.98 bits per heavy atom. The molecule has 50 nitrogen and oxygen atoms in total. The molecule has 0 aliphatic carbocycles. The Morgan fingerprint density at radius 1 is 0.706 bits per heavy atom. The van der Waals surface area contributed by atoms with E-state index in [1.54, 1.807) is 5.38 Å². The Hall–Kier alpha value is -11.3. The van der Waals surface area contributed by atoms with Crippen LogP contribution in [0.4, 0.5) is 22.4 Å². The van der Waals surface area contributed by atoms with Crippen LogP contribution in [-0.4, -0.2) is 295 Å². The summed E-state index contributed by atoms with van der Waals surface area (Å²) in [6.07, 6.45) is -25.0. The maximum absolute atomic E-state index is 15.3. The quantitative estimate of drug-likeness (QED) is 0.00961. The number of anilines is 1. The van der Waals surface area contributed by atoms with Crippen molar-refractivity contribution in [2.75, 3.05) is 58.2 Å². The molecule has 8 heterocycles. The lowest BCUT2D eigenvalue weighted by Gasteiger charge is -2.47. The zero-order chi connectivity index (χ0) is 87.4. The summed E-state index contributed by atoms with van der Waals surface area (Å²) in [5.41, 5.74) is 27.7. The number of carbonyl (C=O) groups is 10. The van der Waals surface area contributed by atoms with Gasteiger partial charge in [0.25, 0.3) is 23.6 Å². The van der Waals surface area contributed by atoms with Crippen LogP contribution in [0.1, 0.15) is 123 Å². The molecule has 52 heteroatoms. The standard InChI is InChI=1S/C67H91N21O29S2/c1-26-43(82-56(85-54(26)70)31(18-39(69)92)77-19-30(68)55(71)98)61(103)84-45(51(32-20-73-25-78-32)115-66-53(49(96)47(94)37(21-89)114-66)116-65-50(97)52(117-67(72)106)48(95)38(22-90)113-65)62(104)79-28(3)46(93)27(2)57(99)83-44(29(4)91)60(102)76-15-12-40-80-34(24-118-40)63-81-33(23-119-63)58(100)74-14-7-17-86(64(105)36-9-11-42(112-36)88(109)110)16-6-5-13-75-59(101)35-8-10-41(111-35)87(107)108/h8-11,20,23-25,27-31,37-38,44-53,65-66,77,89-91,93-97H,5-7,12-19,21-22,68H2,1-4H3,(H2,69,92)(H2,71,98)(H2,72,106)(H,73,78)(H,74,100)(H,75,101)(H,76,102)(H,79,104)(H,83,99)(H,84,103)(H2,70,82,85)/t27-,28+,29+,30-,31-,37-,38+,44-,45-,46-,47+,48+,49-,50-,51-,52-,53-,65+,66-/m0/s1. The number of aliphatic hydroxyl groups is 8. The van der Waals surface area contributed by atoms with Gasteiger partial charge >= 0.3 is 17.9 Å². The molecular weight excluding hydrogens is 1630 g/mol. The summed E-state index contributed by atoms with van der Waals surface area (Å²) in [5.74, 6) is -12.6. The predicted molar refractivity (Wildman–Crippen MR) is 403 cm³/mol. The number of nitrogen functional groups attached to an aromatic ring is 1. The zero-order valence-electron chi connectivity index (χ0n) is 63.7. The van der Waals surface area contributed by atoms with Crippen LogP contribution in [0.15, 0.2) is 56.4 Å². The Kier molecular flexibility index (Phi) is 33.6. The Labute approximate surface area is 680 Å². The number of aliphatic hydroxyl groups excluding tert-OH is 8. The fourth-order valence-corrected chi connectivity index (χ4v) is 13.6. The molecule has 0 spiro atoms. The molecule has 0 aromatic carbocycles. The number of amides is 10. The molecule has 0 unspecified atom stereocenters. The van der Waals surface area contributed by atoms with E-state index in [1.165, 1.54) is 49.3 Å². The molecular formula is C67H91N21O29S2. The molecule has 2 aliphatic rings. The largest absolute Gasteiger partial charge is 0.441 e. The van der Waals surface area contributed by atoms with Crippen molar-refractivity contribution in [3.63, 3.8) is 0 Å². The molecule has 0 saturated carbocycles. The van der Waals surface area contributed by atoms with Crippen molar-refractivity contribution in [1.29, 1.82) is 0 Å². The van der Waals surface area contributed by atoms with E-state index in [1.807, 2.05) is 0 Å². The van der Waals surface area contributed by atoms with Crippen molar-refractivity contribution < 1.29 is 131 Å². The number of aromatic nitrogens is 6. The van der Waals surface area contributed by atoms with Gasteiger partial charge in [-0.1, -0.05) is 6.92 Å². The monoisotopic (exact) mass is 1720 g/mol. The first-order valence-electron chi connectivity index (χ1n) is 36.4. The number of aromatic amines is 1. The highest BCUT2D eigenvalue weighted by Crippen LogP contribution is 2.35. The van der Waals surface area contributed by atoms with E-state index in [0.717, 1.165) is 48.1 Å². The van der Waals surface area contributed by atoms with E-state index in [9.17, 15) is 104 Å². The smallest absolute Gasteiger partial charge is 0.433 e. The van der Waals surface area contributed by atoms with Gasteiger partial charge in [0.05, 0.1) is 84.8 Å². The molecule has 0 radical (unpaired) electrons. The molecule has 6 aromatic rings. The molecule has 650 valence electrons. The minimum atomic E-state index is -2.23. The van der Waals surface area contributed by atoms with E-state index in [0.29, 0.717) is 28.6 Å². The van der Waals surface area contributed by atoms with Gasteiger partial charge < -0.3 is 149 Å². The van der Waals surface area contributed by atoms with Gasteiger partial charge in [-0.25, -0.2) is 29.7 Å². The van der Waals surface area contributed by atoms with Crippen LogP contribution < -0.4 is 65.9 Å². The van der Waals surface area contributed by atoms with Crippen LogP contribution in [0.5, 0.6) is 0 Å². The minimum absolute atomic E-state index is 0.0260. The van der Waals surface area contributed by atoms with E-state index in [4.69, 9.17) is 61.2 Å². The van der Waals surface area contributed by atoms with Crippen molar-refractivity contribution in [2.24, 2.45) is 28.9 Å². The first-order chi connectivity index (χ1) is 56.4. The topological polar surface area (TPSA) is 789 Å². The predicted octanol–water partition coefficient (Wildman–Crippen LogP) is -6.23. The second-order valence-corrected chi connectivity index (χ2v) is 29.0. The maximum Gasteiger partial charge on any atom is 0.433 e. The van der Waals surface area contributed by atoms with Gasteiger partial charge in [-0.05, 0) is 52.2 Å². The molecule has 2 saturated heterocycles. The second-order valence-electron chi connectivity index (χ2n) is 27.2. The normalized spacial score (nSPS) is 21.4. The third-order valence-electron chi connectivity index (χ3n) is 18.6. The fraction of sp³-hybridized carbons (Fsp3) is 0.537. The number of nitrogens with two attached hydrogens (primary N) is 5. The van der Waals surface area contributed by atoms with Crippen LogP contribution in [0.3, 0.4) is 0 Å². The zero-order valence-corrected chi connectivity index (χ0v) is 65.3. The van der Waals surface area contributed by atoms with Crippen molar-refractivity contribution in [2.45, 2.75) is 170 Å². The highest BCUT2D eigenvalue weighted by molar-refractivity contribution is 7.14. The number of nitrogens with one attached hydrogen (secondary N) is 8. The Bertz CT molecular complexity index is 4530. The summed E-state index contributed by atoms with van der Waals surface area (Å²) in [6, 6.07) is -3.75. The van der Waals surface area contributed by atoms with Gasteiger partial charge in [-0.2, -0.15) is 0 Å². The highest BCUT2D eigenvalue weighted by atomic mass is 32.1. The van der Waals surface area contributed by atoms with Crippen LogP contribution >= 0.6 is 22.7 Å². The average Bonchev–Trinajstić information content (AvgIpc) is 1.40. The number of ether oxygens (including phenoxy) is 5. The van der Waals surface area contributed by atoms with Gasteiger partial charge in [-0.3, -0.25) is 63.4 Å². The van der Waals surface area contributed by atoms with Crippen LogP contribution in [-0.2, 0) is 54.1 Å². The summed E-state index contributed by atoms with van der Waals surface area (Å²) in [7, 11) is 0. The van der Waals surface area contributed by atoms with Gasteiger partial charge in [0.15, 0.2) is 30.2 Å². The summed E-state index contributed by atoms with van der Waals surface area (Å²) in [5, 5.41) is 133. The molecule has 8 rings (SSSR count). The van der Waals surface area contributed by atoms with E-state index < -0.39 is 222 Å². The van der Waals surface area contributed by atoms with E-state index in [-0.39, 0.29) is 92.2 Å². The number of H-pyrrole nitrogens is 1. The number of nitrogens with zero attached hydrogens (tertiary/aromatic N) is 8. The van der Waals surface area contributed by atoms with E-state index >= 15 is 4.79 Å². The fourth-order valence-electron chi connectivity index (χ4n) is 12.0. The minimum Gasteiger partial charge on any atom is -0.441 e. The molecule has 26 N–H and O–H groups in total. The first kappa shape index (κ1) is 93.2. The molecule has 19 atom stereocenters. The number of carbonyl (C=O) groups excluding carboxylic acids is 10. The molecule has 119 heavy (non-hydrogen) atoms. The number of nitro groups is 2. The van der Waals surface area contributed by atoms with Crippen molar-refractivity contribution >= 4 is 99.5 Å². The Morgan fingerprint density at radius 2 is 1.35 bits per heavy atom. The van der Waals surface area contributed by atoms with E-state index in [2.05, 4.69) is 67.1 Å². The van der Waals surface area contributed by atoms with Crippen molar-refractivity contribution in [3.8, 4) is 10.7 Å². The van der Waals surface area contributed by atoms with Crippen LogP contribution in [0, 0.1) is 33.1 Å². The van der Waals surface area contributed by atoms with Gasteiger partial charge in [0.2, 0.25) is 29.5 Å². The van der Waals surface area contributed by atoms with Gasteiger partial charge in [0.1, 0.15) is 104 Å². The molecule has 0 bridgehead atoms. The van der Waals surface area contributed by atoms with Crippen molar-refractivity contribution in [3.05, 3.63) is 113 Å². The first-order valence-corrected chi connectivity index (χ1v) is 38.2. The average molecular weight is 1720 g/mol. The number of unbranched alkanes of at least 4 members (excludes halogenated alkanes) is 1. The summed E-state index contributed by atoms with van der Waals surface area (Å²) >= 11 is 2.27. The summed E-state index contributed by atoms with van der Waals surface area (Å²) in [6.45, 7) is 2.59. The number of hydrogen-bond donors (Lipinski definition) is 21. The summed E-state index contributed by atoms with van der Waals surface area (Å²) < 4.78 is 38.8. The van der Waals surface area contributed by atoms with Crippen LogP contribution in [0.25, 0.3) is 10.7 Å². The number of imidazole rings is 1. The molecule has 6 aromatic heterocycles. The van der Waals surface area contributed by atoms with Crippen LogP contribution in [0.2, 0.25) is 0 Å². The number of hydrogen-bond acceptors (Lipinski definition) is 39. The lowest BCUT2D eigenvalue weighted by atomic mass is 9.96. The molecule has 2 fully saturated rings. The number of primary amides is 3. The maximum atomic E-state index is 15.3. The number of thiazole rings is 2. The van der Waals surface area contributed by atoms with Crippen molar-refractivity contribution in [1.82, 2.24) is 72.0 Å².